The zero-order valence-electron chi connectivity index (χ0n) is 19.5. The van der Waals surface area contributed by atoms with Crippen LogP contribution in [-0.2, 0) is 0 Å². The molecule has 0 aromatic heterocycles. The van der Waals surface area contributed by atoms with Crippen LogP contribution in [-0.4, -0.2) is 19.3 Å². The average molecular weight is 467 g/mol. The van der Waals surface area contributed by atoms with Crippen molar-refractivity contribution < 1.29 is 24.1 Å². The summed E-state index contributed by atoms with van der Waals surface area (Å²) >= 11 is 0. The van der Waals surface area contributed by atoms with Gasteiger partial charge in [-0.05, 0) is 70.8 Å². The van der Waals surface area contributed by atoms with Gasteiger partial charge in [0.05, 0.1) is 14.2 Å². The Morgan fingerprint density at radius 2 is 1.09 bits per heavy atom. The van der Waals surface area contributed by atoms with Crippen LogP contribution in [0.5, 0.6) is 28.7 Å². The van der Waals surface area contributed by atoms with E-state index < -0.39 is 6.10 Å². The first-order chi connectivity index (χ1) is 17.1. The molecule has 0 fully saturated rings. The predicted octanol–water partition coefficient (Wildman–Crippen LogP) is 6.83. The first-order valence-corrected chi connectivity index (χ1v) is 11.4. The highest BCUT2D eigenvalue weighted by Crippen LogP contribution is 2.46. The van der Waals surface area contributed by atoms with Gasteiger partial charge in [-0.25, -0.2) is 0 Å². The number of hydrogen-bond acceptors (Lipinski definition) is 5. The Morgan fingerprint density at radius 1 is 0.600 bits per heavy atom. The van der Waals surface area contributed by atoms with Gasteiger partial charge in [0, 0.05) is 0 Å². The normalized spacial score (nSPS) is 16.7. The quantitative estimate of drug-likeness (QED) is 0.316. The van der Waals surface area contributed by atoms with Crippen molar-refractivity contribution in [1.82, 2.24) is 0 Å². The minimum absolute atomic E-state index is 0.206. The first kappa shape index (κ1) is 22.4. The van der Waals surface area contributed by atoms with E-state index in [0.717, 1.165) is 33.8 Å². The molecule has 0 amide bonds. The molecule has 0 saturated carbocycles. The molecule has 1 aliphatic heterocycles. The average Bonchev–Trinajstić information content (AvgIpc) is 2.92. The lowest BCUT2D eigenvalue weighted by molar-refractivity contribution is 0.0183. The van der Waals surface area contributed by atoms with E-state index in [1.165, 1.54) is 0 Å². The molecule has 4 aromatic rings. The molecule has 0 bridgehead atoms. The van der Waals surface area contributed by atoms with Crippen LogP contribution in [0.15, 0.2) is 91.0 Å². The number of fused-ring (bicyclic) bond motifs is 1. The highest BCUT2D eigenvalue weighted by molar-refractivity contribution is 5.71. The molecular formula is C30H26O5. The van der Waals surface area contributed by atoms with Gasteiger partial charge in [0.2, 0.25) is 0 Å². The fraction of sp³-hybridized carbons (Fsp3) is 0.133. The van der Waals surface area contributed by atoms with Gasteiger partial charge >= 0.3 is 0 Å². The van der Waals surface area contributed by atoms with Crippen molar-refractivity contribution in [3.63, 3.8) is 0 Å². The third-order valence-corrected chi connectivity index (χ3v) is 6.00. The summed E-state index contributed by atoms with van der Waals surface area (Å²) in [4.78, 5) is 0. The molecular weight excluding hydrogens is 440 g/mol. The highest BCUT2D eigenvalue weighted by Gasteiger charge is 2.34. The fourth-order valence-corrected chi connectivity index (χ4v) is 4.07. The second kappa shape index (κ2) is 9.85. The van der Waals surface area contributed by atoms with Crippen LogP contribution in [0.1, 0.15) is 34.5 Å². The van der Waals surface area contributed by atoms with E-state index in [0.29, 0.717) is 11.5 Å². The van der Waals surface area contributed by atoms with Gasteiger partial charge in [-0.2, -0.15) is 0 Å². The summed E-state index contributed by atoms with van der Waals surface area (Å²) in [5.74, 6) is 3.17. The number of phenols is 1. The van der Waals surface area contributed by atoms with Crippen LogP contribution in [0.3, 0.4) is 0 Å². The molecule has 0 radical (unpaired) electrons. The zero-order chi connectivity index (χ0) is 24.2. The number of methoxy groups -OCH3 is 2. The Morgan fingerprint density at radius 3 is 1.69 bits per heavy atom. The largest absolute Gasteiger partial charge is 0.508 e. The van der Waals surface area contributed by atoms with Crippen LogP contribution in [0.4, 0.5) is 0 Å². The predicted molar refractivity (Wildman–Crippen MR) is 136 cm³/mol. The Hall–Kier alpha value is -4.38. The van der Waals surface area contributed by atoms with Gasteiger partial charge in [-0.3, -0.25) is 0 Å². The molecule has 0 saturated heterocycles. The van der Waals surface area contributed by atoms with Gasteiger partial charge in [-0.1, -0.05) is 54.6 Å². The smallest absolute Gasteiger partial charge is 0.165 e. The summed E-state index contributed by atoms with van der Waals surface area (Å²) < 4.78 is 23.5. The van der Waals surface area contributed by atoms with Gasteiger partial charge in [0.25, 0.3) is 0 Å². The molecule has 2 atom stereocenters. The highest BCUT2D eigenvalue weighted by atomic mass is 16.6. The van der Waals surface area contributed by atoms with E-state index in [1.54, 1.807) is 26.4 Å². The molecule has 176 valence electrons. The number of benzene rings is 4. The standard InChI is InChI=1S/C30H26O5/c1-32-25-14-5-20(6-15-25)3-4-21-7-18-27-28(19-21)35-30(22-8-12-24(31)13-9-22)29(34-27)23-10-16-26(33-2)17-11-23/h3-19,29-31H,1-2H3/b4-3+. The summed E-state index contributed by atoms with van der Waals surface area (Å²) in [5, 5.41) is 9.77. The molecule has 1 heterocycles. The summed E-state index contributed by atoms with van der Waals surface area (Å²) in [6.07, 6.45) is 3.33. The maximum Gasteiger partial charge on any atom is 0.165 e. The van der Waals surface area contributed by atoms with E-state index in [4.69, 9.17) is 18.9 Å². The van der Waals surface area contributed by atoms with Crippen LogP contribution >= 0.6 is 0 Å². The monoisotopic (exact) mass is 466 g/mol. The Balaban J connectivity index is 1.45. The molecule has 1 aliphatic rings. The molecule has 35 heavy (non-hydrogen) atoms. The van der Waals surface area contributed by atoms with Crippen LogP contribution in [0.25, 0.3) is 12.2 Å². The minimum atomic E-state index is -0.391. The molecule has 2 unspecified atom stereocenters. The van der Waals surface area contributed by atoms with Crippen molar-refractivity contribution in [3.8, 4) is 28.7 Å². The van der Waals surface area contributed by atoms with Crippen molar-refractivity contribution in [2.24, 2.45) is 0 Å². The molecule has 0 aliphatic carbocycles. The fourth-order valence-electron chi connectivity index (χ4n) is 4.07. The number of rotatable bonds is 6. The zero-order valence-corrected chi connectivity index (χ0v) is 19.5. The van der Waals surface area contributed by atoms with Crippen molar-refractivity contribution in [1.29, 1.82) is 0 Å². The Kier molecular flexibility index (Phi) is 6.31. The van der Waals surface area contributed by atoms with Gasteiger partial charge in [-0.15, -0.1) is 0 Å². The second-order valence-corrected chi connectivity index (χ2v) is 8.25. The lowest BCUT2D eigenvalue weighted by Crippen LogP contribution is -2.26. The lowest BCUT2D eigenvalue weighted by Gasteiger charge is -2.35. The van der Waals surface area contributed by atoms with Crippen molar-refractivity contribution in [2.75, 3.05) is 14.2 Å². The van der Waals surface area contributed by atoms with Crippen LogP contribution in [0, 0.1) is 0 Å². The number of phenolic OH excluding ortho intramolecular Hbond substituents is 1. The molecule has 5 nitrogen and oxygen atoms in total. The van der Waals surface area contributed by atoms with E-state index >= 15 is 0 Å². The Bertz CT molecular complexity index is 1310. The van der Waals surface area contributed by atoms with Gasteiger partial charge in [0.1, 0.15) is 17.2 Å². The number of hydrogen-bond donors (Lipinski definition) is 1. The topological polar surface area (TPSA) is 57.2 Å². The van der Waals surface area contributed by atoms with Crippen LogP contribution < -0.4 is 18.9 Å². The van der Waals surface area contributed by atoms with E-state index in [9.17, 15) is 5.11 Å². The van der Waals surface area contributed by atoms with Crippen molar-refractivity contribution in [3.05, 3.63) is 113 Å². The minimum Gasteiger partial charge on any atom is -0.508 e. The summed E-state index contributed by atoms with van der Waals surface area (Å²) in [6, 6.07) is 28.6. The Labute approximate surface area is 204 Å². The second-order valence-electron chi connectivity index (χ2n) is 8.25. The van der Waals surface area contributed by atoms with E-state index in [2.05, 4.69) is 0 Å². The third-order valence-electron chi connectivity index (χ3n) is 6.00. The van der Waals surface area contributed by atoms with Crippen LogP contribution in [0.2, 0.25) is 0 Å². The van der Waals surface area contributed by atoms with Gasteiger partial charge in [0.15, 0.2) is 23.7 Å². The first-order valence-electron chi connectivity index (χ1n) is 11.4. The van der Waals surface area contributed by atoms with Crippen molar-refractivity contribution in [2.45, 2.75) is 12.2 Å². The van der Waals surface area contributed by atoms with E-state index in [-0.39, 0.29) is 11.9 Å². The van der Waals surface area contributed by atoms with Gasteiger partial charge < -0.3 is 24.1 Å². The number of aromatic hydroxyl groups is 1. The molecule has 5 heteroatoms. The maximum atomic E-state index is 9.77. The summed E-state index contributed by atoms with van der Waals surface area (Å²) in [7, 11) is 3.30. The SMILES string of the molecule is COc1ccc(/C=C/c2ccc3c(c2)OC(c2ccc(O)cc2)C(c2ccc(OC)cc2)O3)cc1. The molecule has 0 spiro atoms. The third kappa shape index (κ3) is 4.94. The maximum absolute atomic E-state index is 9.77. The summed E-state index contributed by atoms with van der Waals surface area (Å²) in [5.41, 5.74) is 3.95. The number of ether oxygens (including phenoxy) is 4. The van der Waals surface area contributed by atoms with E-state index in [1.807, 2.05) is 91.0 Å². The van der Waals surface area contributed by atoms with Crippen molar-refractivity contribution >= 4 is 12.2 Å². The summed E-state index contributed by atoms with van der Waals surface area (Å²) in [6.45, 7) is 0. The lowest BCUT2D eigenvalue weighted by atomic mass is 9.96. The molecule has 5 rings (SSSR count). The molecule has 4 aromatic carbocycles. The molecule has 1 N–H and O–H groups in total.